The van der Waals surface area contributed by atoms with Crippen LogP contribution in [-0.4, -0.2) is 39.2 Å². The van der Waals surface area contributed by atoms with E-state index in [1.165, 1.54) is 19.2 Å². The highest BCUT2D eigenvalue weighted by Gasteiger charge is 2.15. The third-order valence-electron chi connectivity index (χ3n) is 7.79. The number of nitrogens with zero attached hydrogens (tertiary/aromatic N) is 2. The zero-order valence-electron chi connectivity index (χ0n) is 28.2. The van der Waals surface area contributed by atoms with Crippen molar-refractivity contribution in [1.29, 1.82) is 0 Å². The molecule has 0 bridgehead atoms. The van der Waals surface area contributed by atoms with Crippen LogP contribution >= 0.6 is 0 Å². The van der Waals surface area contributed by atoms with Gasteiger partial charge in [0.2, 0.25) is 0 Å². The summed E-state index contributed by atoms with van der Waals surface area (Å²) < 4.78 is 33.2. The van der Waals surface area contributed by atoms with Crippen molar-refractivity contribution in [2.75, 3.05) is 17.7 Å². The Bertz CT molecular complexity index is 2230. The molecule has 11 heteroatoms. The summed E-state index contributed by atoms with van der Waals surface area (Å²) in [6.45, 7) is 5.49. The maximum Gasteiger partial charge on any atom is 0.337 e. The van der Waals surface area contributed by atoms with Crippen LogP contribution in [0.1, 0.15) is 37.4 Å². The predicted molar refractivity (Wildman–Crippen MR) is 193 cm³/mol. The number of ether oxygens (including phenoxy) is 1. The van der Waals surface area contributed by atoms with Crippen molar-refractivity contribution in [2.45, 2.75) is 20.8 Å². The number of halogens is 2. The number of carboxylic acid groups (broad SMARTS) is 2. The highest BCUT2D eigenvalue weighted by atomic mass is 19.1. The molecule has 6 aromatic rings. The maximum atomic E-state index is 14.2. The van der Waals surface area contributed by atoms with E-state index in [1.54, 1.807) is 85.2 Å². The Morgan fingerprint density at radius 2 is 1.24 bits per heavy atom. The number of carbonyl (C=O) groups is 2. The highest BCUT2D eigenvalue weighted by molar-refractivity contribution is 5.96. The molecule has 9 nitrogen and oxygen atoms in total. The first-order valence-corrected chi connectivity index (χ1v) is 15.7. The van der Waals surface area contributed by atoms with Crippen molar-refractivity contribution in [3.05, 3.63) is 149 Å². The Kier molecular flexibility index (Phi) is 11.0. The number of pyridine rings is 2. The number of nitrogens with one attached hydrogen (secondary N) is 2. The fourth-order valence-electron chi connectivity index (χ4n) is 5.23. The third-order valence-corrected chi connectivity index (χ3v) is 7.79. The molecule has 6 rings (SSSR count). The first-order valence-electron chi connectivity index (χ1n) is 15.7. The van der Waals surface area contributed by atoms with Gasteiger partial charge in [0.25, 0.3) is 0 Å². The molecule has 2 heterocycles. The largest absolute Gasteiger partial charge is 0.497 e. The number of carboxylic acids is 2. The van der Waals surface area contributed by atoms with Crippen LogP contribution in [0.3, 0.4) is 0 Å². The standard InChI is InChI=1S/C21H19FN2O3.C19H15FN2O2/c1-12-4-7-19(17(8-12)21(25)26)24-14-9-13(2)20(23-11-14)16-10-15(27-3)5-6-18(16)22;1-12-6-8-18(15(10-12)19(23)24)22-13-7-9-17(21-11-13)14-4-2-3-5-16(14)20/h4-11,24H,1-3H3,(H,25,26);2-11,22H,1H3,(H,23,24). The lowest BCUT2D eigenvalue weighted by Crippen LogP contribution is -2.04. The number of benzene rings is 4. The Labute approximate surface area is 293 Å². The number of aromatic nitrogens is 2. The first-order chi connectivity index (χ1) is 24.4. The molecule has 0 unspecified atom stereocenters. The number of methoxy groups -OCH3 is 1. The van der Waals surface area contributed by atoms with Crippen molar-refractivity contribution in [3.8, 4) is 28.3 Å². The molecule has 0 amide bonds. The molecule has 0 fully saturated rings. The molecular weight excluding hydrogens is 654 g/mol. The van der Waals surface area contributed by atoms with Gasteiger partial charge in [0.05, 0.1) is 64.8 Å². The molecule has 0 aliphatic rings. The monoisotopic (exact) mass is 688 g/mol. The number of rotatable bonds is 9. The summed E-state index contributed by atoms with van der Waals surface area (Å²) >= 11 is 0. The number of aromatic carboxylic acids is 2. The van der Waals surface area contributed by atoms with Gasteiger partial charge in [-0.15, -0.1) is 0 Å². The number of aryl methyl sites for hydroxylation is 3. The van der Waals surface area contributed by atoms with Crippen LogP contribution in [0.15, 0.2) is 109 Å². The SMILES string of the molecule is COc1ccc(F)c(-c2ncc(Nc3ccc(C)cc3C(=O)O)cc2C)c1.Cc1ccc(Nc2ccc(-c3ccccc3F)nc2)c(C(=O)O)c1. The molecule has 0 aliphatic heterocycles. The molecule has 0 atom stereocenters. The van der Waals surface area contributed by atoms with E-state index in [-0.39, 0.29) is 22.8 Å². The summed E-state index contributed by atoms with van der Waals surface area (Å²) in [4.78, 5) is 31.4. The predicted octanol–water partition coefficient (Wildman–Crippen LogP) is 9.59. The summed E-state index contributed by atoms with van der Waals surface area (Å²) in [5.74, 6) is -2.20. The molecule has 4 N–H and O–H groups in total. The van der Waals surface area contributed by atoms with Crippen LogP contribution in [0.25, 0.3) is 22.5 Å². The van der Waals surface area contributed by atoms with Crippen LogP contribution in [0.5, 0.6) is 5.75 Å². The molecule has 4 aromatic carbocycles. The highest BCUT2D eigenvalue weighted by Crippen LogP contribution is 2.31. The van der Waals surface area contributed by atoms with E-state index in [1.807, 2.05) is 32.9 Å². The first kappa shape index (κ1) is 35.7. The van der Waals surface area contributed by atoms with Crippen LogP contribution in [0, 0.1) is 32.4 Å². The van der Waals surface area contributed by atoms with Gasteiger partial charge in [0.15, 0.2) is 0 Å². The summed E-state index contributed by atoms with van der Waals surface area (Å²) in [5.41, 5.74) is 6.81. The number of anilines is 4. The van der Waals surface area contributed by atoms with Crippen molar-refractivity contribution in [2.24, 2.45) is 0 Å². The zero-order chi connectivity index (χ0) is 36.7. The fourth-order valence-corrected chi connectivity index (χ4v) is 5.23. The van der Waals surface area contributed by atoms with E-state index in [4.69, 9.17) is 4.74 Å². The molecule has 0 saturated carbocycles. The topological polar surface area (TPSA) is 134 Å². The molecular formula is C40H34F2N4O5. The minimum absolute atomic E-state index is 0.176. The van der Waals surface area contributed by atoms with Gasteiger partial charge in [-0.3, -0.25) is 9.97 Å². The van der Waals surface area contributed by atoms with Crippen LogP contribution in [0.4, 0.5) is 31.5 Å². The minimum Gasteiger partial charge on any atom is -0.497 e. The molecule has 258 valence electrons. The Hall–Kier alpha value is -6.62. The fraction of sp³-hybridized carbons (Fsp3) is 0.100. The van der Waals surface area contributed by atoms with E-state index in [9.17, 15) is 28.6 Å². The van der Waals surface area contributed by atoms with Crippen LogP contribution in [-0.2, 0) is 0 Å². The normalized spacial score (nSPS) is 10.5. The van der Waals surface area contributed by atoms with E-state index < -0.39 is 11.9 Å². The summed E-state index contributed by atoms with van der Waals surface area (Å²) in [6.07, 6.45) is 3.10. The summed E-state index contributed by atoms with van der Waals surface area (Å²) in [6, 6.07) is 26.4. The van der Waals surface area contributed by atoms with Gasteiger partial charge < -0.3 is 25.6 Å². The van der Waals surface area contributed by atoms with E-state index >= 15 is 0 Å². The van der Waals surface area contributed by atoms with Crippen molar-refractivity contribution in [3.63, 3.8) is 0 Å². The van der Waals surface area contributed by atoms with Crippen LogP contribution < -0.4 is 15.4 Å². The van der Waals surface area contributed by atoms with E-state index in [0.29, 0.717) is 51.0 Å². The molecule has 51 heavy (non-hydrogen) atoms. The quantitative estimate of drug-likeness (QED) is 0.117. The van der Waals surface area contributed by atoms with Crippen molar-refractivity contribution in [1.82, 2.24) is 9.97 Å². The second-order valence-electron chi connectivity index (χ2n) is 11.6. The lowest BCUT2D eigenvalue weighted by Gasteiger charge is -2.13. The van der Waals surface area contributed by atoms with Gasteiger partial charge in [-0.05, 0) is 99.1 Å². The van der Waals surface area contributed by atoms with E-state index in [2.05, 4.69) is 20.6 Å². The third kappa shape index (κ3) is 8.70. The molecule has 2 aromatic heterocycles. The second-order valence-corrected chi connectivity index (χ2v) is 11.6. The van der Waals surface area contributed by atoms with Gasteiger partial charge >= 0.3 is 11.9 Å². The van der Waals surface area contributed by atoms with Crippen LogP contribution in [0.2, 0.25) is 0 Å². The van der Waals surface area contributed by atoms with Gasteiger partial charge in [-0.1, -0.05) is 35.4 Å². The second kappa shape index (κ2) is 15.7. The Morgan fingerprint density at radius 3 is 1.78 bits per heavy atom. The average Bonchev–Trinajstić information content (AvgIpc) is 3.11. The van der Waals surface area contributed by atoms with Gasteiger partial charge in [-0.2, -0.15) is 0 Å². The van der Waals surface area contributed by atoms with Crippen molar-refractivity contribution >= 4 is 34.7 Å². The maximum absolute atomic E-state index is 14.2. The number of hydrogen-bond acceptors (Lipinski definition) is 7. The molecule has 0 radical (unpaired) electrons. The lowest BCUT2D eigenvalue weighted by molar-refractivity contribution is 0.0687. The minimum atomic E-state index is -1.01. The Morgan fingerprint density at radius 1 is 0.647 bits per heavy atom. The summed E-state index contributed by atoms with van der Waals surface area (Å²) in [7, 11) is 1.52. The molecule has 0 spiro atoms. The number of hydrogen-bond donors (Lipinski definition) is 4. The molecule has 0 saturated heterocycles. The van der Waals surface area contributed by atoms with Crippen molar-refractivity contribution < 1.29 is 33.3 Å². The average molecular weight is 689 g/mol. The van der Waals surface area contributed by atoms with E-state index in [0.717, 1.165) is 16.7 Å². The zero-order valence-corrected chi connectivity index (χ0v) is 28.2. The smallest absolute Gasteiger partial charge is 0.337 e. The lowest BCUT2D eigenvalue weighted by atomic mass is 10.0. The van der Waals surface area contributed by atoms with Gasteiger partial charge in [-0.25, -0.2) is 18.4 Å². The Balaban J connectivity index is 0.000000199. The summed E-state index contributed by atoms with van der Waals surface area (Å²) in [5, 5.41) is 24.8. The molecule has 0 aliphatic carbocycles. The van der Waals surface area contributed by atoms with Gasteiger partial charge in [0, 0.05) is 11.1 Å². The van der Waals surface area contributed by atoms with Gasteiger partial charge in [0.1, 0.15) is 17.4 Å².